The highest BCUT2D eigenvalue weighted by molar-refractivity contribution is 7.13. The van der Waals surface area contributed by atoms with Crippen LogP contribution in [-0.4, -0.2) is 11.0 Å². The third-order valence-corrected chi connectivity index (χ3v) is 3.70. The summed E-state index contributed by atoms with van der Waals surface area (Å²) in [5.41, 5.74) is 1.07. The highest BCUT2D eigenvalue weighted by Crippen LogP contribution is 2.32. The van der Waals surface area contributed by atoms with Crippen LogP contribution in [0.4, 0.5) is 10.8 Å². The van der Waals surface area contributed by atoms with Gasteiger partial charge in [-0.2, -0.15) is 0 Å². The number of carboxylic acids is 1. The molecule has 1 aromatic carbocycles. The maximum atomic E-state index is 10.4. The van der Waals surface area contributed by atoms with Gasteiger partial charge >= 0.3 is 0 Å². The van der Waals surface area contributed by atoms with Crippen molar-refractivity contribution in [2.45, 2.75) is 6.42 Å². The number of benzene rings is 1. The van der Waals surface area contributed by atoms with Crippen LogP contribution in [0, 0.1) is 0 Å². The van der Waals surface area contributed by atoms with Crippen molar-refractivity contribution >= 4 is 51.3 Å². The molecule has 0 aliphatic carbocycles. The summed E-state index contributed by atoms with van der Waals surface area (Å²) in [6.45, 7) is 0. The number of anilines is 2. The summed E-state index contributed by atoms with van der Waals surface area (Å²) < 4.78 is 0. The molecule has 0 amide bonds. The highest BCUT2D eigenvalue weighted by Gasteiger charge is 2.07. The predicted molar refractivity (Wildman–Crippen MR) is 70.6 cm³/mol. The Morgan fingerprint density at radius 2 is 2.22 bits per heavy atom. The van der Waals surface area contributed by atoms with Gasteiger partial charge in [0.05, 0.1) is 21.4 Å². The minimum absolute atomic E-state index is 0.207. The summed E-state index contributed by atoms with van der Waals surface area (Å²) in [7, 11) is 0. The van der Waals surface area contributed by atoms with E-state index in [1.54, 1.807) is 23.6 Å². The summed E-state index contributed by atoms with van der Waals surface area (Å²) in [6.07, 6.45) is -0.207. The standard InChI is InChI=1S/C11H8Cl2N2O2S/c12-7-2-1-3-8(10(7)13)15-11-14-6(5-18-11)4-9(16)17/h1-3,5H,4H2,(H,14,15)(H,16,17)/p-1. The zero-order valence-corrected chi connectivity index (χ0v) is 11.3. The summed E-state index contributed by atoms with van der Waals surface area (Å²) in [5.74, 6) is -1.16. The van der Waals surface area contributed by atoms with Crippen molar-refractivity contribution in [2.24, 2.45) is 0 Å². The molecule has 1 aromatic heterocycles. The SMILES string of the molecule is O=C([O-])Cc1csc(Nc2cccc(Cl)c2Cl)n1. The van der Waals surface area contributed by atoms with Crippen LogP contribution in [-0.2, 0) is 11.2 Å². The number of carbonyl (C=O) groups is 1. The zero-order valence-electron chi connectivity index (χ0n) is 8.94. The molecule has 0 atom stereocenters. The minimum atomic E-state index is -1.16. The Kier molecular flexibility index (Phi) is 4.06. The molecule has 2 aromatic rings. The quantitative estimate of drug-likeness (QED) is 0.942. The number of halogens is 2. The van der Waals surface area contributed by atoms with Crippen LogP contribution >= 0.6 is 34.5 Å². The van der Waals surface area contributed by atoms with E-state index in [-0.39, 0.29) is 6.42 Å². The van der Waals surface area contributed by atoms with E-state index < -0.39 is 5.97 Å². The monoisotopic (exact) mass is 301 g/mol. The molecule has 1 heterocycles. The molecule has 0 bridgehead atoms. The number of hydrogen-bond acceptors (Lipinski definition) is 5. The van der Waals surface area contributed by atoms with Crippen LogP contribution in [0.3, 0.4) is 0 Å². The largest absolute Gasteiger partial charge is 0.550 e. The van der Waals surface area contributed by atoms with Gasteiger partial charge in [0.25, 0.3) is 0 Å². The molecule has 0 spiro atoms. The molecule has 0 saturated heterocycles. The van der Waals surface area contributed by atoms with Crippen LogP contribution in [0.1, 0.15) is 5.69 Å². The van der Waals surface area contributed by atoms with Crippen molar-refractivity contribution in [3.8, 4) is 0 Å². The average Bonchev–Trinajstić information content (AvgIpc) is 2.71. The van der Waals surface area contributed by atoms with Crippen molar-refractivity contribution in [2.75, 3.05) is 5.32 Å². The van der Waals surface area contributed by atoms with Crippen LogP contribution in [0.15, 0.2) is 23.6 Å². The van der Waals surface area contributed by atoms with E-state index in [1.807, 2.05) is 0 Å². The number of aromatic nitrogens is 1. The molecule has 0 aliphatic rings. The van der Waals surface area contributed by atoms with E-state index in [0.29, 0.717) is 26.6 Å². The van der Waals surface area contributed by atoms with Crippen LogP contribution in [0.2, 0.25) is 10.0 Å². The number of thiazole rings is 1. The molecule has 7 heteroatoms. The molecule has 0 aliphatic heterocycles. The second-order valence-electron chi connectivity index (χ2n) is 3.42. The van der Waals surface area contributed by atoms with Gasteiger partial charge in [0.1, 0.15) is 0 Å². The maximum Gasteiger partial charge on any atom is 0.187 e. The lowest BCUT2D eigenvalue weighted by atomic mass is 10.3. The number of rotatable bonds is 4. The van der Waals surface area contributed by atoms with Gasteiger partial charge < -0.3 is 15.2 Å². The Balaban J connectivity index is 2.16. The van der Waals surface area contributed by atoms with Crippen molar-refractivity contribution in [1.29, 1.82) is 0 Å². The maximum absolute atomic E-state index is 10.4. The summed E-state index contributed by atoms with van der Waals surface area (Å²) >= 11 is 13.2. The van der Waals surface area contributed by atoms with Gasteiger partial charge in [-0.15, -0.1) is 11.3 Å². The lowest BCUT2D eigenvalue weighted by Gasteiger charge is -2.05. The number of nitrogens with one attached hydrogen (secondary N) is 1. The molecule has 0 saturated carbocycles. The fourth-order valence-electron chi connectivity index (χ4n) is 1.31. The third kappa shape index (κ3) is 3.13. The third-order valence-electron chi connectivity index (χ3n) is 2.07. The fraction of sp³-hybridized carbons (Fsp3) is 0.0909. The van der Waals surface area contributed by atoms with Gasteiger partial charge in [-0.3, -0.25) is 0 Å². The van der Waals surface area contributed by atoms with Crippen LogP contribution < -0.4 is 10.4 Å². The predicted octanol–water partition coefficient (Wildman–Crippen LogP) is 2.49. The van der Waals surface area contributed by atoms with Gasteiger partial charge in [-0.05, 0) is 12.1 Å². The molecule has 2 rings (SSSR count). The van der Waals surface area contributed by atoms with Crippen molar-refractivity contribution in [1.82, 2.24) is 4.98 Å². The fourth-order valence-corrected chi connectivity index (χ4v) is 2.38. The Bertz CT molecular complexity index is 586. The molecule has 0 fully saturated rings. The molecule has 1 N–H and O–H groups in total. The Morgan fingerprint density at radius 1 is 1.44 bits per heavy atom. The van der Waals surface area contributed by atoms with Gasteiger partial charge in [0.2, 0.25) is 0 Å². The number of carboxylic acid groups (broad SMARTS) is 1. The molecule has 94 valence electrons. The minimum Gasteiger partial charge on any atom is -0.550 e. The van der Waals surface area contributed by atoms with Gasteiger partial charge in [-0.1, -0.05) is 29.3 Å². The molecular weight excluding hydrogens is 295 g/mol. The van der Waals surface area contributed by atoms with E-state index in [0.717, 1.165) is 0 Å². The Morgan fingerprint density at radius 3 is 2.94 bits per heavy atom. The second kappa shape index (κ2) is 5.56. The number of hydrogen-bond donors (Lipinski definition) is 1. The van der Waals surface area contributed by atoms with Gasteiger partial charge in [0, 0.05) is 17.8 Å². The zero-order chi connectivity index (χ0) is 13.1. The number of carbonyl (C=O) groups excluding carboxylic acids is 1. The van der Waals surface area contributed by atoms with E-state index in [9.17, 15) is 9.90 Å². The Labute approximate surface area is 117 Å². The second-order valence-corrected chi connectivity index (χ2v) is 5.06. The molecule has 18 heavy (non-hydrogen) atoms. The number of aliphatic carboxylic acids is 1. The summed E-state index contributed by atoms with van der Waals surface area (Å²) in [5, 5.41) is 16.5. The normalized spacial score (nSPS) is 10.3. The first-order valence-electron chi connectivity index (χ1n) is 4.91. The van der Waals surface area contributed by atoms with Crippen LogP contribution in [0.25, 0.3) is 0 Å². The molecule has 0 radical (unpaired) electrons. The first kappa shape index (κ1) is 13.1. The van der Waals surface area contributed by atoms with Crippen LogP contribution in [0.5, 0.6) is 0 Å². The Hall–Kier alpha value is -1.30. The first-order valence-corrected chi connectivity index (χ1v) is 6.55. The van der Waals surface area contributed by atoms with E-state index in [1.165, 1.54) is 11.3 Å². The molecule has 4 nitrogen and oxygen atoms in total. The lowest BCUT2D eigenvalue weighted by molar-refractivity contribution is -0.304. The number of nitrogens with zero attached hydrogens (tertiary/aromatic N) is 1. The van der Waals surface area contributed by atoms with Gasteiger partial charge in [0.15, 0.2) is 5.13 Å². The summed E-state index contributed by atoms with van der Waals surface area (Å²) in [4.78, 5) is 14.5. The first-order chi connectivity index (χ1) is 8.56. The highest BCUT2D eigenvalue weighted by atomic mass is 35.5. The van der Waals surface area contributed by atoms with Crippen molar-refractivity contribution < 1.29 is 9.90 Å². The summed E-state index contributed by atoms with van der Waals surface area (Å²) in [6, 6.07) is 5.19. The topological polar surface area (TPSA) is 65.0 Å². The smallest absolute Gasteiger partial charge is 0.187 e. The van der Waals surface area contributed by atoms with Crippen molar-refractivity contribution in [3.05, 3.63) is 39.3 Å². The molecule has 0 unspecified atom stereocenters. The van der Waals surface area contributed by atoms with E-state index in [2.05, 4.69) is 10.3 Å². The average molecular weight is 302 g/mol. The van der Waals surface area contributed by atoms with Gasteiger partial charge in [-0.25, -0.2) is 4.98 Å². The van der Waals surface area contributed by atoms with Crippen molar-refractivity contribution in [3.63, 3.8) is 0 Å². The molecular formula is C11H7Cl2N2O2S-. The van der Waals surface area contributed by atoms with E-state index >= 15 is 0 Å². The van der Waals surface area contributed by atoms with E-state index in [4.69, 9.17) is 23.2 Å². The lowest BCUT2D eigenvalue weighted by Crippen LogP contribution is -2.24.